The second-order valence-electron chi connectivity index (χ2n) is 7.79. The topological polar surface area (TPSA) is 9.23 Å². The number of ether oxygens (including phenoxy) is 1. The molecule has 0 fully saturated rings. The summed E-state index contributed by atoms with van der Waals surface area (Å²) in [5.74, 6) is 1.91. The largest absolute Gasteiger partial charge is 0.494 e. The van der Waals surface area contributed by atoms with E-state index in [2.05, 4.69) is 56.3 Å². The average molecular weight is 351 g/mol. The first-order chi connectivity index (χ1) is 12.8. The summed E-state index contributed by atoms with van der Waals surface area (Å²) >= 11 is 0. The maximum absolute atomic E-state index is 5.90. The van der Waals surface area contributed by atoms with Crippen LogP contribution in [0.1, 0.15) is 77.2 Å². The molecular weight excluding hydrogens is 316 g/mol. The van der Waals surface area contributed by atoms with Gasteiger partial charge in [0.05, 0.1) is 6.61 Å². The van der Waals surface area contributed by atoms with Gasteiger partial charge in [-0.15, -0.1) is 0 Å². The van der Waals surface area contributed by atoms with Crippen LogP contribution in [0.4, 0.5) is 0 Å². The lowest BCUT2D eigenvalue weighted by molar-refractivity contribution is 0.306. The monoisotopic (exact) mass is 350 g/mol. The Balaban J connectivity index is 1.65. The molecule has 1 heteroatoms. The molecule has 1 nitrogen and oxygen atoms in total. The Morgan fingerprint density at radius 2 is 1.73 bits per heavy atom. The van der Waals surface area contributed by atoms with Crippen LogP contribution in [0.5, 0.6) is 5.75 Å². The number of hydrogen-bond donors (Lipinski definition) is 0. The van der Waals surface area contributed by atoms with Crippen molar-refractivity contribution < 1.29 is 4.74 Å². The van der Waals surface area contributed by atoms with Crippen molar-refractivity contribution in [1.82, 2.24) is 0 Å². The number of benzene rings is 2. The van der Waals surface area contributed by atoms with Crippen LogP contribution in [0, 0.1) is 5.92 Å². The molecule has 0 N–H and O–H groups in total. The van der Waals surface area contributed by atoms with E-state index >= 15 is 0 Å². The van der Waals surface area contributed by atoms with Crippen LogP contribution in [0.15, 0.2) is 42.5 Å². The molecule has 2 aromatic carbocycles. The predicted octanol–water partition coefficient (Wildman–Crippen LogP) is 7.78. The molecule has 1 unspecified atom stereocenters. The van der Waals surface area contributed by atoms with E-state index in [-0.39, 0.29) is 0 Å². The number of allylic oxidation sites excluding steroid dienone is 2. The average Bonchev–Trinajstić information content (AvgIpc) is 2.69. The minimum absolute atomic E-state index is 0.823. The van der Waals surface area contributed by atoms with E-state index in [0.717, 1.165) is 24.7 Å². The Hall–Kier alpha value is -1.76. The van der Waals surface area contributed by atoms with Crippen LogP contribution in [0.3, 0.4) is 0 Å². The van der Waals surface area contributed by atoms with Crippen molar-refractivity contribution in [2.45, 2.75) is 71.6 Å². The molecule has 1 atom stereocenters. The molecule has 1 aliphatic carbocycles. The Morgan fingerprint density at radius 1 is 0.923 bits per heavy atom. The molecule has 0 saturated carbocycles. The number of rotatable bonds is 9. The molecule has 2 aromatic rings. The van der Waals surface area contributed by atoms with Gasteiger partial charge in [0.1, 0.15) is 5.75 Å². The van der Waals surface area contributed by atoms with Gasteiger partial charge in [0, 0.05) is 0 Å². The van der Waals surface area contributed by atoms with Crippen LogP contribution >= 0.6 is 0 Å². The maximum atomic E-state index is 5.90. The van der Waals surface area contributed by atoms with Crippen LogP contribution in [0.25, 0.3) is 16.3 Å². The highest BCUT2D eigenvalue weighted by atomic mass is 16.5. The zero-order valence-corrected chi connectivity index (χ0v) is 16.6. The first-order valence-corrected chi connectivity index (χ1v) is 10.7. The van der Waals surface area contributed by atoms with Crippen LogP contribution in [-0.4, -0.2) is 6.61 Å². The van der Waals surface area contributed by atoms with Gasteiger partial charge < -0.3 is 4.74 Å². The van der Waals surface area contributed by atoms with Gasteiger partial charge in [0.15, 0.2) is 0 Å². The van der Waals surface area contributed by atoms with Gasteiger partial charge in [-0.3, -0.25) is 0 Å². The SMILES string of the molecule is CCCCCOc1ccc2cc(C3=CCC(CCCC)CC3)ccc2c1. The van der Waals surface area contributed by atoms with Crippen molar-refractivity contribution in [1.29, 1.82) is 0 Å². The van der Waals surface area contributed by atoms with Crippen LogP contribution in [0.2, 0.25) is 0 Å². The zero-order chi connectivity index (χ0) is 18.2. The van der Waals surface area contributed by atoms with Gasteiger partial charge in [-0.25, -0.2) is 0 Å². The molecule has 0 radical (unpaired) electrons. The van der Waals surface area contributed by atoms with Crippen molar-refractivity contribution in [2.24, 2.45) is 5.92 Å². The van der Waals surface area contributed by atoms with E-state index in [0.29, 0.717) is 0 Å². The highest BCUT2D eigenvalue weighted by molar-refractivity contribution is 5.87. The third-order valence-corrected chi connectivity index (χ3v) is 5.68. The van der Waals surface area contributed by atoms with Crippen molar-refractivity contribution in [3.05, 3.63) is 48.0 Å². The molecule has 0 aromatic heterocycles. The van der Waals surface area contributed by atoms with Gasteiger partial charge in [-0.1, -0.05) is 70.2 Å². The minimum atomic E-state index is 0.823. The predicted molar refractivity (Wildman–Crippen MR) is 114 cm³/mol. The molecular formula is C25H34O. The fourth-order valence-electron chi connectivity index (χ4n) is 3.96. The van der Waals surface area contributed by atoms with Gasteiger partial charge >= 0.3 is 0 Å². The molecule has 0 heterocycles. The molecule has 0 spiro atoms. The maximum Gasteiger partial charge on any atom is 0.119 e. The first kappa shape index (κ1) is 19.0. The molecule has 0 amide bonds. The Kier molecular flexibility index (Phi) is 7.17. The summed E-state index contributed by atoms with van der Waals surface area (Å²) in [5.41, 5.74) is 2.95. The van der Waals surface area contributed by atoms with E-state index in [1.54, 1.807) is 5.57 Å². The molecule has 0 bridgehead atoms. The number of fused-ring (bicyclic) bond motifs is 1. The zero-order valence-electron chi connectivity index (χ0n) is 16.6. The molecule has 0 aliphatic heterocycles. The Bertz CT molecular complexity index is 728. The summed E-state index contributed by atoms with van der Waals surface area (Å²) in [6.45, 7) is 5.34. The van der Waals surface area contributed by atoms with Gasteiger partial charge in [0.25, 0.3) is 0 Å². The lowest BCUT2D eigenvalue weighted by atomic mass is 9.84. The Labute approximate surface area is 159 Å². The van der Waals surface area contributed by atoms with Crippen LogP contribution in [-0.2, 0) is 0 Å². The molecule has 26 heavy (non-hydrogen) atoms. The van der Waals surface area contributed by atoms with Crippen molar-refractivity contribution >= 4 is 16.3 Å². The second kappa shape index (κ2) is 9.80. The van der Waals surface area contributed by atoms with Crippen molar-refractivity contribution in [3.63, 3.8) is 0 Å². The van der Waals surface area contributed by atoms with E-state index in [1.807, 2.05) is 0 Å². The quantitative estimate of drug-likeness (QED) is 0.419. The van der Waals surface area contributed by atoms with E-state index in [9.17, 15) is 0 Å². The summed E-state index contributed by atoms with van der Waals surface area (Å²) in [7, 11) is 0. The number of hydrogen-bond acceptors (Lipinski definition) is 1. The highest BCUT2D eigenvalue weighted by Gasteiger charge is 2.15. The molecule has 140 valence electrons. The van der Waals surface area contributed by atoms with E-state index < -0.39 is 0 Å². The first-order valence-electron chi connectivity index (χ1n) is 10.7. The van der Waals surface area contributed by atoms with Gasteiger partial charge in [-0.05, 0) is 71.7 Å². The molecule has 1 aliphatic rings. The van der Waals surface area contributed by atoms with E-state index in [1.165, 1.54) is 67.7 Å². The summed E-state index contributed by atoms with van der Waals surface area (Å²) in [4.78, 5) is 0. The van der Waals surface area contributed by atoms with E-state index in [4.69, 9.17) is 4.74 Å². The smallest absolute Gasteiger partial charge is 0.119 e. The number of unbranched alkanes of at least 4 members (excludes halogenated alkanes) is 3. The normalized spacial score (nSPS) is 17.3. The summed E-state index contributed by atoms with van der Waals surface area (Å²) in [6, 6.07) is 13.4. The minimum Gasteiger partial charge on any atom is -0.494 e. The standard InChI is InChI=1S/C25H34O/c1-3-5-7-17-26-25-16-15-23-18-22(13-14-24(23)19-25)21-11-9-20(10-12-21)8-6-4-2/h11,13-16,18-20H,3-10,12,17H2,1-2H3. The van der Waals surface area contributed by atoms with Crippen LogP contribution < -0.4 is 4.74 Å². The van der Waals surface area contributed by atoms with Crippen molar-refractivity contribution in [3.8, 4) is 5.75 Å². The lowest BCUT2D eigenvalue weighted by Gasteiger charge is -2.22. The fraction of sp³-hybridized carbons (Fsp3) is 0.520. The Morgan fingerprint density at radius 3 is 2.50 bits per heavy atom. The third-order valence-electron chi connectivity index (χ3n) is 5.68. The van der Waals surface area contributed by atoms with Gasteiger partial charge in [0.2, 0.25) is 0 Å². The lowest BCUT2D eigenvalue weighted by Crippen LogP contribution is -2.05. The highest BCUT2D eigenvalue weighted by Crippen LogP contribution is 2.34. The summed E-state index contributed by atoms with van der Waals surface area (Å²) < 4.78 is 5.90. The van der Waals surface area contributed by atoms with Gasteiger partial charge in [-0.2, -0.15) is 0 Å². The molecule has 0 saturated heterocycles. The fourth-order valence-corrected chi connectivity index (χ4v) is 3.96. The van der Waals surface area contributed by atoms with Crippen molar-refractivity contribution in [2.75, 3.05) is 6.61 Å². The summed E-state index contributed by atoms with van der Waals surface area (Å²) in [6.07, 6.45) is 14.1. The summed E-state index contributed by atoms with van der Waals surface area (Å²) in [5, 5.41) is 2.59. The second-order valence-corrected chi connectivity index (χ2v) is 7.79. The third kappa shape index (κ3) is 5.13. The molecule has 3 rings (SSSR count).